The van der Waals surface area contributed by atoms with Gasteiger partial charge in [-0.1, -0.05) is 48.5 Å². The molecule has 0 saturated heterocycles. The Kier molecular flexibility index (Phi) is 4.66. The summed E-state index contributed by atoms with van der Waals surface area (Å²) in [5.74, 6) is -3.95. The van der Waals surface area contributed by atoms with Crippen LogP contribution < -0.4 is 4.74 Å². The third-order valence-corrected chi connectivity index (χ3v) is 3.54. The minimum Gasteiger partial charge on any atom is -0.479 e. The molecule has 2 unspecified atom stereocenters. The molecule has 7 heteroatoms. The number of carbonyl (C=O) groups is 3. The molecule has 24 heavy (non-hydrogen) atoms. The highest BCUT2D eigenvalue weighted by molar-refractivity contribution is 6.04. The molecule has 0 amide bonds. The van der Waals surface area contributed by atoms with Crippen molar-refractivity contribution in [1.29, 1.82) is 0 Å². The van der Waals surface area contributed by atoms with Crippen molar-refractivity contribution in [3.8, 4) is 5.75 Å². The van der Waals surface area contributed by atoms with Gasteiger partial charge in [-0.05, 0) is 12.1 Å². The minimum absolute atomic E-state index is 0.0809. The van der Waals surface area contributed by atoms with Gasteiger partial charge in [0.1, 0.15) is 5.75 Å². The maximum atomic E-state index is 11.8. The fourth-order valence-corrected chi connectivity index (χ4v) is 2.28. The van der Waals surface area contributed by atoms with E-state index in [0.717, 1.165) is 0 Å². The maximum Gasteiger partial charge on any atom is 0.359 e. The lowest BCUT2D eigenvalue weighted by Gasteiger charge is -2.37. The van der Waals surface area contributed by atoms with Gasteiger partial charge >= 0.3 is 17.5 Å². The van der Waals surface area contributed by atoms with E-state index in [1.807, 2.05) is 0 Å². The third-order valence-electron chi connectivity index (χ3n) is 3.54. The summed E-state index contributed by atoms with van der Waals surface area (Å²) < 4.78 is 5.20. The Balaban J connectivity index is 2.70. The number of hydrogen-bond acceptors (Lipinski definition) is 5. The zero-order valence-electron chi connectivity index (χ0n) is 12.3. The number of carboxylic acid groups (broad SMARTS) is 2. The topological polar surface area (TPSA) is 121 Å². The average molecular weight is 330 g/mol. The molecular weight excluding hydrogens is 316 g/mol. The molecule has 124 valence electrons. The van der Waals surface area contributed by atoms with Gasteiger partial charge in [0, 0.05) is 5.56 Å². The zero-order valence-corrected chi connectivity index (χ0v) is 12.3. The van der Waals surface area contributed by atoms with Crippen molar-refractivity contribution in [3.63, 3.8) is 0 Å². The highest BCUT2D eigenvalue weighted by atomic mass is 16.6. The molecule has 0 aliphatic carbocycles. The highest BCUT2D eigenvalue weighted by Gasteiger charge is 2.65. The molecule has 2 aromatic rings. The van der Waals surface area contributed by atoms with E-state index in [0.29, 0.717) is 0 Å². The fraction of sp³-hybridized carbons (Fsp3) is 0.118. The number of carboxylic acids is 2. The van der Waals surface area contributed by atoms with Crippen molar-refractivity contribution in [1.82, 2.24) is 0 Å². The second-order valence-electron chi connectivity index (χ2n) is 4.96. The van der Waals surface area contributed by atoms with Crippen LogP contribution in [0.3, 0.4) is 0 Å². The van der Waals surface area contributed by atoms with Crippen molar-refractivity contribution >= 4 is 18.2 Å². The summed E-state index contributed by atoms with van der Waals surface area (Å²) in [6, 6.07) is 14.1. The van der Waals surface area contributed by atoms with Gasteiger partial charge < -0.3 is 20.1 Å². The first-order valence-corrected chi connectivity index (χ1v) is 6.83. The largest absolute Gasteiger partial charge is 0.479 e. The van der Waals surface area contributed by atoms with Gasteiger partial charge in [0.15, 0.2) is 6.29 Å². The summed E-state index contributed by atoms with van der Waals surface area (Å²) in [4.78, 5) is 35.2. The molecular formula is C17H14O7. The van der Waals surface area contributed by atoms with Gasteiger partial charge in [0.25, 0.3) is 0 Å². The van der Waals surface area contributed by atoms with E-state index < -0.39 is 23.1 Å². The van der Waals surface area contributed by atoms with Gasteiger partial charge in [0.2, 0.25) is 5.60 Å². The number of para-hydroxylation sites is 1. The Morgan fingerprint density at radius 2 is 1.38 bits per heavy atom. The molecule has 0 radical (unpaired) electrons. The van der Waals surface area contributed by atoms with Crippen LogP contribution in [0.15, 0.2) is 60.7 Å². The molecule has 0 bridgehead atoms. The molecule has 0 heterocycles. The lowest BCUT2D eigenvalue weighted by Crippen LogP contribution is -2.66. The predicted octanol–water partition coefficient (Wildman–Crippen LogP) is 1.06. The summed E-state index contributed by atoms with van der Waals surface area (Å²) in [6.07, 6.45) is -0.219. The maximum absolute atomic E-state index is 11.8. The Morgan fingerprint density at radius 3 is 1.79 bits per heavy atom. The fourth-order valence-electron chi connectivity index (χ4n) is 2.28. The van der Waals surface area contributed by atoms with Crippen LogP contribution in [0.4, 0.5) is 0 Å². The normalized spacial score (nSPS) is 15.5. The number of carbonyl (C=O) groups excluding carboxylic acids is 1. The van der Waals surface area contributed by atoms with E-state index in [4.69, 9.17) is 4.74 Å². The molecule has 0 fully saturated rings. The summed E-state index contributed by atoms with van der Waals surface area (Å²) in [7, 11) is 0. The molecule has 0 aliphatic rings. The number of aliphatic carboxylic acids is 2. The van der Waals surface area contributed by atoms with Gasteiger partial charge in [-0.15, -0.1) is 0 Å². The van der Waals surface area contributed by atoms with Crippen LogP contribution in [0.1, 0.15) is 5.56 Å². The Labute approximate surface area is 136 Å². The summed E-state index contributed by atoms with van der Waals surface area (Å²) in [5, 5.41) is 29.8. The number of rotatable bonds is 7. The molecule has 2 rings (SSSR count). The van der Waals surface area contributed by atoms with E-state index in [1.165, 1.54) is 48.5 Å². The first kappa shape index (κ1) is 17.2. The van der Waals surface area contributed by atoms with Crippen LogP contribution in [0.5, 0.6) is 5.75 Å². The average Bonchev–Trinajstić information content (AvgIpc) is 2.60. The van der Waals surface area contributed by atoms with Crippen LogP contribution >= 0.6 is 0 Å². The monoisotopic (exact) mass is 330 g/mol. The summed E-state index contributed by atoms with van der Waals surface area (Å²) >= 11 is 0. The predicted molar refractivity (Wildman–Crippen MR) is 81.5 cm³/mol. The lowest BCUT2D eigenvalue weighted by atomic mass is 9.77. The summed E-state index contributed by atoms with van der Waals surface area (Å²) in [5.41, 5.74) is -6.53. The van der Waals surface area contributed by atoms with Crippen LogP contribution in [-0.4, -0.2) is 39.1 Å². The van der Waals surface area contributed by atoms with Crippen LogP contribution in [-0.2, 0) is 20.0 Å². The second kappa shape index (κ2) is 6.51. The molecule has 3 N–H and O–H groups in total. The second-order valence-corrected chi connectivity index (χ2v) is 4.96. The number of aliphatic hydroxyl groups is 1. The van der Waals surface area contributed by atoms with E-state index >= 15 is 0 Å². The molecule has 0 saturated carbocycles. The molecule has 2 aromatic carbocycles. The van der Waals surface area contributed by atoms with E-state index in [9.17, 15) is 29.7 Å². The first-order chi connectivity index (χ1) is 11.4. The molecule has 0 aliphatic heterocycles. The van der Waals surface area contributed by atoms with Crippen LogP contribution in [0.25, 0.3) is 0 Å². The number of ether oxygens (including phenoxy) is 1. The number of benzene rings is 2. The third kappa shape index (κ3) is 2.61. The van der Waals surface area contributed by atoms with Crippen molar-refractivity contribution in [3.05, 3.63) is 66.2 Å². The zero-order chi connectivity index (χ0) is 17.8. The smallest absolute Gasteiger partial charge is 0.359 e. The van der Waals surface area contributed by atoms with Crippen molar-refractivity contribution in [2.45, 2.75) is 11.2 Å². The van der Waals surface area contributed by atoms with Crippen LogP contribution in [0, 0.1) is 0 Å². The Morgan fingerprint density at radius 1 is 0.875 bits per heavy atom. The SMILES string of the molecule is O=CC(Oc1ccccc1)(C(=O)O)C(O)(C(=O)O)c1ccccc1. The highest BCUT2D eigenvalue weighted by Crippen LogP contribution is 2.36. The molecule has 2 atom stereocenters. The Hall–Kier alpha value is -3.19. The number of aldehydes is 1. The lowest BCUT2D eigenvalue weighted by molar-refractivity contribution is -0.200. The van der Waals surface area contributed by atoms with Gasteiger partial charge in [0.05, 0.1) is 0 Å². The van der Waals surface area contributed by atoms with E-state index in [-0.39, 0.29) is 17.6 Å². The standard InChI is InChI=1S/C17H14O7/c18-11-16(14(19)20,24-13-9-5-2-6-10-13)17(23,15(21)22)12-7-3-1-4-8-12/h1-11,23H,(H,19,20)(H,21,22). The molecule has 7 nitrogen and oxygen atoms in total. The first-order valence-electron chi connectivity index (χ1n) is 6.83. The van der Waals surface area contributed by atoms with E-state index in [2.05, 4.69) is 0 Å². The van der Waals surface area contributed by atoms with Gasteiger partial charge in [-0.25, -0.2) is 9.59 Å². The molecule has 0 aromatic heterocycles. The molecule has 0 spiro atoms. The van der Waals surface area contributed by atoms with Crippen LogP contribution in [0.2, 0.25) is 0 Å². The van der Waals surface area contributed by atoms with Crippen molar-refractivity contribution < 1.29 is 34.4 Å². The summed E-state index contributed by atoms with van der Waals surface area (Å²) in [6.45, 7) is 0. The minimum atomic E-state index is -3.14. The van der Waals surface area contributed by atoms with E-state index in [1.54, 1.807) is 12.1 Å². The van der Waals surface area contributed by atoms with Crippen molar-refractivity contribution in [2.24, 2.45) is 0 Å². The van der Waals surface area contributed by atoms with Crippen molar-refractivity contribution in [2.75, 3.05) is 0 Å². The number of hydrogen-bond donors (Lipinski definition) is 3. The Bertz CT molecular complexity index is 744. The van der Waals surface area contributed by atoms with Gasteiger partial charge in [-0.2, -0.15) is 0 Å². The van der Waals surface area contributed by atoms with Gasteiger partial charge in [-0.3, -0.25) is 4.79 Å². The quantitative estimate of drug-likeness (QED) is 0.512.